The summed E-state index contributed by atoms with van der Waals surface area (Å²) >= 11 is 0. The number of nitrogens with zero attached hydrogens (tertiary/aromatic N) is 2. The largest absolute Gasteiger partial charge is 0.491 e. The van der Waals surface area contributed by atoms with Gasteiger partial charge >= 0.3 is 0 Å². The van der Waals surface area contributed by atoms with Crippen molar-refractivity contribution in [3.05, 3.63) is 48.5 Å². The standard InChI is InChI=1S/C14H19N3O/c1-12(15-2)13-5-3-4-6-14(13)18-10-9-17-8-7-16-11-17/h3-8,11-12,15H,9-10H2,1-2H3. The smallest absolute Gasteiger partial charge is 0.124 e. The molecule has 18 heavy (non-hydrogen) atoms. The number of nitrogens with one attached hydrogen (secondary N) is 1. The van der Waals surface area contributed by atoms with Crippen molar-refractivity contribution in [3.8, 4) is 5.75 Å². The Labute approximate surface area is 108 Å². The predicted octanol–water partition coefficient (Wildman–Crippen LogP) is 2.24. The molecule has 4 heteroatoms. The van der Waals surface area contributed by atoms with Gasteiger partial charge in [-0.25, -0.2) is 4.98 Å². The summed E-state index contributed by atoms with van der Waals surface area (Å²) in [5, 5.41) is 3.23. The van der Waals surface area contributed by atoms with Crippen molar-refractivity contribution in [2.45, 2.75) is 19.5 Å². The lowest BCUT2D eigenvalue weighted by Crippen LogP contribution is -2.14. The number of imidazole rings is 1. The molecule has 0 fully saturated rings. The highest BCUT2D eigenvalue weighted by molar-refractivity contribution is 5.35. The molecule has 1 unspecified atom stereocenters. The minimum Gasteiger partial charge on any atom is -0.491 e. The molecule has 1 aromatic carbocycles. The molecule has 4 nitrogen and oxygen atoms in total. The van der Waals surface area contributed by atoms with E-state index >= 15 is 0 Å². The molecule has 0 aliphatic carbocycles. The van der Waals surface area contributed by atoms with Crippen molar-refractivity contribution in [2.75, 3.05) is 13.7 Å². The normalized spacial score (nSPS) is 12.3. The number of aromatic nitrogens is 2. The fourth-order valence-corrected chi connectivity index (χ4v) is 1.81. The van der Waals surface area contributed by atoms with Crippen LogP contribution in [0, 0.1) is 0 Å². The molecular weight excluding hydrogens is 226 g/mol. The molecule has 1 N–H and O–H groups in total. The van der Waals surface area contributed by atoms with E-state index in [2.05, 4.69) is 23.3 Å². The summed E-state index contributed by atoms with van der Waals surface area (Å²) in [5.41, 5.74) is 1.19. The van der Waals surface area contributed by atoms with Crippen LogP contribution in [-0.4, -0.2) is 23.2 Å². The maximum absolute atomic E-state index is 5.84. The molecule has 1 atom stereocenters. The first-order valence-corrected chi connectivity index (χ1v) is 6.16. The van der Waals surface area contributed by atoms with Crippen molar-refractivity contribution < 1.29 is 4.74 Å². The van der Waals surface area contributed by atoms with Crippen LogP contribution >= 0.6 is 0 Å². The Hall–Kier alpha value is -1.81. The molecule has 0 amide bonds. The molecule has 1 heterocycles. The lowest BCUT2D eigenvalue weighted by Gasteiger charge is -2.16. The van der Waals surface area contributed by atoms with Crippen LogP contribution < -0.4 is 10.1 Å². The van der Waals surface area contributed by atoms with Crippen LogP contribution in [0.5, 0.6) is 5.75 Å². The highest BCUT2D eigenvalue weighted by Gasteiger charge is 2.08. The Bertz CT molecular complexity index is 468. The van der Waals surface area contributed by atoms with Gasteiger partial charge in [-0.3, -0.25) is 0 Å². The molecule has 0 aliphatic heterocycles. The van der Waals surface area contributed by atoms with Gasteiger partial charge in [-0.1, -0.05) is 18.2 Å². The lowest BCUT2D eigenvalue weighted by molar-refractivity contribution is 0.293. The molecule has 2 aromatic rings. The van der Waals surface area contributed by atoms with Crippen molar-refractivity contribution in [2.24, 2.45) is 0 Å². The van der Waals surface area contributed by atoms with Crippen LogP contribution in [-0.2, 0) is 6.54 Å². The Balaban J connectivity index is 1.96. The zero-order valence-electron chi connectivity index (χ0n) is 10.8. The second-order valence-electron chi connectivity index (χ2n) is 4.20. The van der Waals surface area contributed by atoms with Crippen LogP contribution in [0.1, 0.15) is 18.5 Å². The molecule has 0 saturated heterocycles. The topological polar surface area (TPSA) is 39.1 Å². The van der Waals surface area contributed by atoms with Crippen LogP contribution in [0.25, 0.3) is 0 Å². The van der Waals surface area contributed by atoms with Gasteiger partial charge in [-0.2, -0.15) is 0 Å². The first-order chi connectivity index (χ1) is 8.81. The molecule has 0 radical (unpaired) electrons. The zero-order valence-corrected chi connectivity index (χ0v) is 10.8. The average molecular weight is 245 g/mol. The minimum absolute atomic E-state index is 0.287. The number of hydrogen-bond donors (Lipinski definition) is 1. The van der Waals surface area contributed by atoms with E-state index in [-0.39, 0.29) is 6.04 Å². The third-order valence-corrected chi connectivity index (χ3v) is 2.98. The molecule has 0 bridgehead atoms. The van der Waals surface area contributed by atoms with Gasteiger partial charge in [0.1, 0.15) is 12.4 Å². The van der Waals surface area contributed by atoms with Gasteiger partial charge in [0.05, 0.1) is 12.9 Å². The molecule has 1 aromatic heterocycles. The summed E-state index contributed by atoms with van der Waals surface area (Å²) in [6.07, 6.45) is 5.51. The Morgan fingerprint density at radius 1 is 1.39 bits per heavy atom. The highest BCUT2D eigenvalue weighted by Crippen LogP contribution is 2.24. The molecule has 0 aliphatic rings. The van der Waals surface area contributed by atoms with E-state index in [1.165, 1.54) is 5.56 Å². The van der Waals surface area contributed by atoms with E-state index in [1.807, 2.05) is 36.0 Å². The average Bonchev–Trinajstić information content (AvgIpc) is 2.92. The Kier molecular flexibility index (Phi) is 4.36. The van der Waals surface area contributed by atoms with E-state index in [4.69, 9.17) is 4.74 Å². The maximum Gasteiger partial charge on any atom is 0.124 e. The van der Waals surface area contributed by atoms with Gasteiger partial charge in [0.15, 0.2) is 0 Å². The number of ether oxygens (including phenoxy) is 1. The third-order valence-electron chi connectivity index (χ3n) is 2.98. The van der Waals surface area contributed by atoms with E-state index in [0.29, 0.717) is 6.61 Å². The lowest BCUT2D eigenvalue weighted by atomic mass is 10.1. The summed E-state index contributed by atoms with van der Waals surface area (Å²) in [5.74, 6) is 0.944. The first-order valence-electron chi connectivity index (χ1n) is 6.16. The van der Waals surface area contributed by atoms with Gasteiger partial charge in [0.2, 0.25) is 0 Å². The van der Waals surface area contributed by atoms with E-state index < -0.39 is 0 Å². The van der Waals surface area contributed by atoms with Crippen LogP contribution in [0.2, 0.25) is 0 Å². The van der Waals surface area contributed by atoms with E-state index in [1.54, 1.807) is 12.5 Å². The molecular formula is C14H19N3O. The molecule has 2 rings (SSSR count). The second-order valence-corrected chi connectivity index (χ2v) is 4.20. The Morgan fingerprint density at radius 3 is 2.94 bits per heavy atom. The number of hydrogen-bond acceptors (Lipinski definition) is 3. The van der Waals surface area contributed by atoms with Crippen LogP contribution in [0.15, 0.2) is 43.0 Å². The molecule has 96 valence electrons. The summed E-state index contributed by atoms with van der Waals surface area (Å²) in [7, 11) is 1.95. The van der Waals surface area contributed by atoms with Gasteiger partial charge < -0.3 is 14.6 Å². The quantitative estimate of drug-likeness (QED) is 0.848. The number of benzene rings is 1. The monoisotopic (exact) mass is 245 g/mol. The zero-order chi connectivity index (χ0) is 12.8. The van der Waals surface area contributed by atoms with Gasteiger partial charge in [0.25, 0.3) is 0 Å². The van der Waals surface area contributed by atoms with Gasteiger partial charge in [-0.05, 0) is 20.0 Å². The molecule has 0 spiro atoms. The summed E-state index contributed by atoms with van der Waals surface area (Å²) < 4.78 is 7.85. The predicted molar refractivity (Wildman–Crippen MR) is 71.6 cm³/mol. The fourth-order valence-electron chi connectivity index (χ4n) is 1.81. The SMILES string of the molecule is CNC(C)c1ccccc1OCCn1ccnc1. The van der Waals surface area contributed by atoms with Crippen molar-refractivity contribution in [1.29, 1.82) is 0 Å². The van der Waals surface area contributed by atoms with Gasteiger partial charge in [-0.15, -0.1) is 0 Å². The Morgan fingerprint density at radius 2 is 2.22 bits per heavy atom. The van der Waals surface area contributed by atoms with E-state index in [0.717, 1.165) is 12.3 Å². The molecule has 0 saturated carbocycles. The van der Waals surface area contributed by atoms with Crippen LogP contribution in [0.3, 0.4) is 0 Å². The minimum atomic E-state index is 0.287. The fraction of sp³-hybridized carbons (Fsp3) is 0.357. The second kappa shape index (κ2) is 6.21. The maximum atomic E-state index is 5.84. The first kappa shape index (κ1) is 12.6. The van der Waals surface area contributed by atoms with Gasteiger partial charge in [0, 0.05) is 24.0 Å². The third kappa shape index (κ3) is 3.11. The van der Waals surface area contributed by atoms with E-state index in [9.17, 15) is 0 Å². The number of para-hydroxylation sites is 1. The highest BCUT2D eigenvalue weighted by atomic mass is 16.5. The van der Waals surface area contributed by atoms with Crippen molar-refractivity contribution in [3.63, 3.8) is 0 Å². The summed E-state index contributed by atoms with van der Waals surface area (Å²) in [4.78, 5) is 4.00. The van der Waals surface area contributed by atoms with Crippen molar-refractivity contribution in [1.82, 2.24) is 14.9 Å². The summed E-state index contributed by atoms with van der Waals surface area (Å²) in [6, 6.07) is 8.42. The number of rotatable bonds is 6. The van der Waals surface area contributed by atoms with Crippen LogP contribution in [0.4, 0.5) is 0 Å². The van der Waals surface area contributed by atoms with Crippen molar-refractivity contribution >= 4 is 0 Å². The summed E-state index contributed by atoms with van der Waals surface area (Å²) in [6.45, 7) is 3.57.